The van der Waals surface area contributed by atoms with Gasteiger partial charge in [0.1, 0.15) is 5.82 Å². The first kappa shape index (κ1) is 11.5. The Balaban J connectivity index is 2.08. The van der Waals surface area contributed by atoms with Gasteiger partial charge in [0, 0.05) is 24.2 Å². The van der Waals surface area contributed by atoms with E-state index in [1.807, 2.05) is 6.20 Å². The number of nitrogens with two attached hydrogens (primary N) is 1. The van der Waals surface area contributed by atoms with Gasteiger partial charge in [0.05, 0.1) is 0 Å². The quantitative estimate of drug-likeness (QED) is 0.794. The van der Waals surface area contributed by atoms with Crippen molar-refractivity contribution in [1.82, 2.24) is 9.97 Å². The van der Waals surface area contributed by atoms with E-state index in [1.165, 1.54) is 44.2 Å². The molecule has 3 nitrogen and oxygen atoms in total. The topological polar surface area (TPSA) is 51.8 Å². The molecule has 88 valence electrons. The molecule has 0 unspecified atom stereocenters. The predicted octanol–water partition coefficient (Wildman–Crippen LogP) is 2.42. The molecule has 1 heterocycles. The Bertz CT molecular complexity index is 317. The molecule has 0 aromatic carbocycles. The lowest BCUT2D eigenvalue weighted by Crippen LogP contribution is -2.09. The Hall–Kier alpha value is -0.960. The maximum Gasteiger partial charge on any atom is 0.129 e. The first-order valence-corrected chi connectivity index (χ1v) is 6.42. The van der Waals surface area contributed by atoms with Gasteiger partial charge in [-0.2, -0.15) is 0 Å². The fourth-order valence-corrected chi connectivity index (χ4v) is 2.47. The van der Waals surface area contributed by atoms with Crippen LogP contribution in [-0.4, -0.2) is 16.5 Å². The minimum Gasteiger partial charge on any atom is -0.330 e. The van der Waals surface area contributed by atoms with Gasteiger partial charge in [0.2, 0.25) is 0 Å². The van der Waals surface area contributed by atoms with Crippen molar-refractivity contribution in [2.45, 2.75) is 50.9 Å². The molecule has 1 aliphatic carbocycles. The Morgan fingerprint density at radius 1 is 1.19 bits per heavy atom. The maximum atomic E-state index is 5.53. The largest absolute Gasteiger partial charge is 0.330 e. The van der Waals surface area contributed by atoms with Gasteiger partial charge in [0.15, 0.2) is 0 Å². The van der Waals surface area contributed by atoms with Crippen LogP contribution < -0.4 is 5.73 Å². The van der Waals surface area contributed by atoms with Gasteiger partial charge in [-0.25, -0.2) is 9.97 Å². The molecule has 0 atom stereocenters. The number of hydrogen-bond acceptors (Lipinski definition) is 3. The molecule has 1 aliphatic rings. The normalized spacial score (nSPS) is 18.3. The van der Waals surface area contributed by atoms with Crippen molar-refractivity contribution in [2.24, 2.45) is 5.73 Å². The Morgan fingerprint density at radius 3 is 2.62 bits per heavy atom. The van der Waals surface area contributed by atoms with Gasteiger partial charge >= 0.3 is 0 Å². The summed E-state index contributed by atoms with van der Waals surface area (Å²) in [6.45, 7) is 0.633. The summed E-state index contributed by atoms with van der Waals surface area (Å²) >= 11 is 0. The molecular formula is C13H21N3. The number of aromatic nitrogens is 2. The second-order valence-corrected chi connectivity index (χ2v) is 4.62. The lowest BCUT2D eigenvalue weighted by molar-refractivity contribution is 0.572. The summed E-state index contributed by atoms with van der Waals surface area (Å²) in [6.07, 6.45) is 10.7. The number of hydrogen-bond donors (Lipinski definition) is 1. The van der Waals surface area contributed by atoms with Crippen molar-refractivity contribution in [1.29, 1.82) is 0 Å². The number of nitrogens with zero attached hydrogens (tertiary/aromatic N) is 2. The van der Waals surface area contributed by atoms with E-state index in [0.717, 1.165) is 12.2 Å². The minimum absolute atomic E-state index is 0.633. The van der Waals surface area contributed by atoms with Crippen molar-refractivity contribution in [3.8, 4) is 0 Å². The average Bonchev–Trinajstić information content (AvgIpc) is 2.58. The van der Waals surface area contributed by atoms with E-state index in [4.69, 9.17) is 5.73 Å². The van der Waals surface area contributed by atoms with Crippen molar-refractivity contribution in [2.75, 3.05) is 6.54 Å². The molecule has 0 amide bonds. The van der Waals surface area contributed by atoms with Crippen LogP contribution in [0.25, 0.3) is 0 Å². The molecule has 1 saturated carbocycles. The second-order valence-electron chi connectivity index (χ2n) is 4.62. The lowest BCUT2D eigenvalue weighted by Gasteiger charge is -2.13. The Morgan fingerprint density at radius 2 is 1.94 bits per heavy atom. The summed E-state index contributed by atoms with van der Waals surface area (Å²) in [6, 6.07) is 2.08. The van der Waals surface area contributed by atoms with Gasteiger partial charge in [-0.15, -0.1) is 0 Å². The monoisotopic (exact) mass is 219 g/mol. The van der Waals surface area contributed by atoms with E-state index in [9.17, 15) is 0 Å². The molecule has 0 spiro atoms. The van der Waals surface area contributed by atoms with Crippen LogP contribution in [0.1, 0.15) is 56.0 Å². The Labute approximate surface area is 97.5 Å². The smallest absolute Gasteiger partial charge is 0.129 e. The van der Waals surface area contributed by atoms with Gasteiger partial charge in [0.25, 0.3) is 0 Å². The van der Waals surface area contributed by atoms with Crippen LogP contribution >= 0.6 is 0 Å². The molecular weight excluding hydrogens is 198 g/mol. The van der Waals surface area contributed by atoms with E-state index in [0.29, 0.717) is 12.5 Å². The highest BCUT2D eigenvalue weighted by atomic mass is 14.9. The van der Waals surface area contributed by atoms with E-state index in [2.05, 4.69) is 16.0 Å². The third kappa shape index (κ3) is 3.01. The van der Waals surface area contributed by atoms with Gasteiger partial charge in [-0.1, -0.05) is 25.7 Å². The summed E-state index contributed by atoms with van der Waals surface area (Å²) in [5, 5.41) is 0. The zero-order valence-electron chi connectivity index (χ0n) is 9.86. The summed E-state index contributed by atoms with van der Waals surface area (Å²) < 4.78 is 0. The highest BCUT2D eigenvalue weighted by Crippen LogP contribution is 2.30. The molecule has 0 saturated heterocycles. The van der Waals surface area contributed by atoms with Crippen LogP contribution in [0.3, 0.4) is 0 Å². The van der Waals surface area contributed by atoms with Crippen LogP contribution in [0.15, 0.2) is 12.3 Å². The van der Waals surface area contributed by atoms with Crippen LogP contribution in [0.4, 0.5) is 0 Å². The van der Waals surface area contributed by atoms with E-state index < -0.39 is 0 Å². The maximum absolute atomic E-state index is 5.53. The third-order valence-electron chi connectivity index (χ3n) is 3.37. The van der Waals surface area contributed by atoms with Gasteiger partial charge in [-0.3, -0.25) is 0 Å². The molecule has 1 fully saturated rings. The summed E-state index contributed by atoms with van der Waals surface area (Å²) in [7, 11) is 0. The van der Waals surface area contributed by atoms with Crippen molar-refractivity contribution >= 4 is 0 Å². The summed E-state index contributed by atoms with van der Waals surface area (Å²) in [5.41, 5.74) is 6.77. The average molecular weight is 219 g/mol. The van der Waals surface area contributed by atoms with E-state index >= 15 is 0 Å². The SMILES string of the molecule is NCCc1nccc(C2CCCCCC2)n1. The lowest BCUT2D eigenvalue weighted by atomic mass is 9.96. The molecule has 1 aromatic rings. The molecule has 2 rings (SSSR count). The summed E-state index contributed by atoms with van der Waals surface area (Å²) in [4.78, 5) is 8.89. The van der Waals surface area contributed by atoms with Crippen molar-refractivity contribution in [3.05, 3.63) is 23.8 Å². The van der Waals surface area contributed by atoms with Crippen molar-refractivity contribution < 1.29 is 0 Å². The molecule has 3 heteroatoms. The fraction of sp³-hybridized carbons (Fsp3) is 0.692. The first-order valence-electron chi connectivity index (χ1n) is 6.42. The highest BCUT2D eigenvalue weighted by molar-refractivity contribution is 5.09. The molecule has 0 bridgehead atoms. The van der Waals surface area contributed by atoms with Gasteiger partial charge in [-0.05, 0) is 25.5 Å². The van der Waals surface area contributed by atoms with Crippen LogP contribution in [-0.2, 0) is 6.42 Å². The zero-order chi connectivity index (χ0) is 11.2. The van der Waals surface area contributed by atoms with Crippen LogP contribution in [0.5, 0.6) is 0 Å². The molecule has 16 heavy (non-hydrogen) atoms. The van der Waals surface area contributed by atoms with E-state index in [-0.39, 0.29) is 0 Å². The molecule has 1 aromatic heterocycles. The first-order chi connectivity index (χ1) is 7.90. The molecule has 0 radical (unpaired) electrons. The summed E-state index contributed by atoms with van der Waals surface area (Å²) in [5.74, 6) is 1.56. The third-order valence-corrected chi connectivity index (χ3v) is 3.37. The highest BCUT2D eigenvalue weighted by Gasteiger charge is 2.15. The number of rotatable bonds is 3. The van der Waals surface area contributed by atoms with Crippen LogP contribution in [0, 0.1) is 0 Å². The second kappa shape index (κ2) is 5.94. The fourth-order valence-electron chi connectivity index (χ4n) is 2.47. The zero-order valence-corrected chi connectivity index (χ0v) is 9.86. The Kier molecular flexibility index (Phi) is 4.28. The van der Waals surface area contributed by atoms with Crippen LogP contribution in [0.2, 0.25) is 0 Å². The predicted molar refractivity (Wildman–Crippen MR) is 65.2 cm³/mol. The van der Waals surface area contributed by atoms with E-state index in [1.54, 1.807) is 0 Å². The minimum atomic E-state index is 0.633. The van der Waals surface area contributed by atoms with Gasteiger partial charge < -0.3 is 5.73 Å². The van der Waals surface area contributed by atoms with Crippen molar-refractivity contribution in [3.63, 3.8) is 0 Å². The molecule has 2 N–H and O–H groups in total. The molecule has 0 aliphatic heterocycles. The standard InChI is InChI=1S/C13H21N3/c14-9-7-13-15-10-8-12(16-13)11-5-3-1-2-4-6-11/h8,10-11H,1-7,9,14H2.